The summed E-state index contributed by atoms with van der Waals surface area (Å²) in [6.45, 7) is 0. The van der Waals surface area contributed by atoms with Crippen molar-refractivity contribution < 1.29 is 21.9 Å². The molecule has 0 radical (unpaired) electrons. The van der Waals surface area contributed by atoms with E-state index in [4.69, 9.17) is 0 Å². The first kappa shape index (κ1) is 20.5. The van der Waals surface area contributed by atoms with Gasteiger partial charge < -0.3 is 76.8 Å². The molecule has 0 atom stereocenters. The second-order valence-electron chi connectivity index (χ2n) is 5.99. The van der Waals surface area contributed by atoms with E-state index in [9.17, 15) is 4.79 Å². The number of benzene rings is 3. The second kappa shape index (κ2) is 9.84. The fraction of sp³-hybridized carbons (Fsp3) is 0. The number of ketones is 1. The van der Waals surface area contributed by atoms with Crippen LogP contribution in [-0.2, 0) is 17.1 Å². The van der Waals surface area contributed by atoms with Gasteiger partial charge in [-0.05, 0) is 33.2 Å². The zero-order valence-corrected chi connectivity index (χ0v) is 16.3. The van der Waals surface area contributed by atoms with Gasteiger partial charge in [-0.2, -0.15) is 6.08 Å². The molecule has 0 amide bonds. The fourth-order valence-corrected chi connectivity index (χ4v) is 2.99. The largest absolute Gasteiger partial charge is 0.999 e. The van der Waals surface area contributed by atoms with Gasteiger partial charge in [0.15, 0.2) is 0 Å². The van der Waals surface area contributed by atoms with E-state index in [0.29, 0.717) is 5.56 Å². The van der Waals surface area contributed by atoms with Crippen LogP contribution in [-0.4, -0.2) is 5.78 Å². The first-order valence-corrected chi connectivity index (χ1v) is 8.67. The quantitative estimate of drug-likeness (QED) is 0.128. The maximum atomic E-state index is 12.2. The molecule has 0 aliphatic rings. The summed E-state index contributed by atoms with van der Waals surface area (Å²) < 4.78 is 0. The van der Waals surface area contributed by atoms with Crippen LogP contribution in [0.2, 0.25) is 0 Å². The number of carbonyl (C=O) groups excluding carboxylic acids is 1. The maximum Gasteiger partial charge on any atom is 0 e. The van der Waals surface area contributed by atoms with Crippen LogP contribution in [0.3, 0.4) is 0 Å². The zero-order valence-electron chi connectivity index (χ0n) is 15.2. The first-order valence-electron chi connectivity index (χ1n) is 8.67. The van der Waals surface area contributed by atoms with Crippen LogP contribution in [0.25, 0.3) is 27.6 Å². The van der Waals surface area contributed by atoms with Crippen molar-refractivity contribution in [3.8, 4) is 0 Å². The van der Waals surface area contributed by atoms with Gasteiger partial charge >= 0.3 is 0 Å². The van der Waals surface area contributed by atoms with Gasteiger partial charge in [0.05, 0.1) is 0 Å². The van der Waals surface area contributed by atoms with Gasteiger partial charge in [-0.3, -0.25) is 0 Å². The van der Waals surface area contributed by atoms with Gasteiger partial charge in [0.25, 0.3) is 0 Å². The van der Waals surface area contributed by atoms with Gasteiger partial charge in [0.2, 0.25) is 0 Å². The number of allylic oxidation sites excluding steroid dienone is 1. The van der Waals surface area contributed by atoms with Crippen molar-refractivity contribution in [1.29, 1.82) is 0 Å². The molecule has 1 nitrogen and oxygen atoms in total. The van der Waals surface area contributed by atoms with Crippen molar-refractivity contribution in [3.63, 3.8) is 0 Å². The molecule has 2 heteroatoms. The van der Waals surface area contributed by atoms with Crippen molar-refractivity contribution >= 4 is 33.4 Å². The van der Waals surface area contributed by atoms with Crippen LogP contribution in [0.5, 0.6) is 0 Å². The standard InChI is InChI=1S/C22H11O.C5H.Fe/c23-22(16-7-1-2-8-16)14-13-21-19-11-5-3-9-17(19)15-18-10-4-6-12-20(18)21;1-2-4-5-3-1;/h3-6,9-15H;1H;/q2*-5;. The van der Waals surface area contributed by atoms with Crippen LogP contribution in [0.1, 0.15) is 15.9 Å². The van der Waals surface area contributed by atoms with Crippen LogP contribution in [0.15, 0.2) is 66.7 Å². The zero-order chi connectivity index (χ0) is 19.2. The van der Waals surface area contributed by atoms with E-state index in [-0.39, 0.29) is 22.9 Å². The molecule has 0 bridgehead atoms. The van der Waals surface area contributed by atoms with Gasteiger partial charge in [-0.15, -0.1) is 0 Å². The summed E-state index contributed by atoms with van der Waals surface area (Å²) in [5, 5.41) is 4.57. The third-order valence-electron chi connectivity index (χ3n) is 4.25. The van der Waals surface area contributed by atoms with E-state index in [1.54, 1.807) is 12.1 Å². The smallest absolute Gasteiger partial charge is 0 e. The summed E-state index contributed by atoms with van der Waals surface area (Å²) >= 11 is 0. The van der Waals surface area contributed by atoms with E-state index in [0.717, 1.165) is 27.1 Å². The average Bonchev–Trinajstić information content (AvgIpc) is 3.48. The molecule has 0 saturated carbocycles. The molecular formula is C27H12FeO-10. The first-order chi connectivity index (χ1) is 13.8. The Kier molecular flexibility index (Phi) is 6.97. The van der Waals surface area contributed by atoms with Gasteiger partial charge in [0.1, 0.15) is 0 Å². The van der Waals surface area contributed by atoms with E-state index in [2.05, 4.69) is 78.9 Å². The molecule has 29 heavy (non-hydrogen) atoms. The van der Waals surface area contributed by atoms with Crippen molar-refractivity contribution in [2.75, 3.05) is 0 Å². The molecule has 0 unspecified atom stereocenters. The molecule has 0 spiro atoms. The van der Waals surface area contributed by atoms with Crippen LogP contribution in [0.4, 0.5) is 0 Å². The summed E-state index contributed by atoms with van der Waals surface area (Å²) in [5.74, 6) is -0.139. The molecule has 0 aromatic heterocycles. The Morgan fingerprint density at radius 3 is 1.90 bits per heavy atom. The molecule has 0 fully saturated rings. The Labute approximate surface area is 181 Å². The number of hydrogen-bond donors (Lipinski definition) is 0. The molecule has 0 aliphatic heterocycles. The summed E-state index contributed by atoms with van der Waals surface area (Å²) in [4.78, 5) is 12.2. The number of rotatable bonds is 3. The maximum absolute atomic E-state index is 12.2. The Balaban J connectivity index is 0.000000352. The number of fused-ring (bicyclic) bond motifs is 2. The Bertz CT molecular complexity index is 1140. The predicted molar refractivity (Wildman–Crippen MR) is 110 cm³/mol. The van der Waals surface area contributed by atoms with E-state index >= 15 is 0 Å². The van der Waals surface area contributed by atoms with Gasteiger partial charge in [-0.25, -0.2) is 0 Å². The average molecular weight is 408 g/mol. The third-order valence-corrected chi connectivity index (χ3v) is 4.25. The minimum Gasteiger partial charge on any atom is -0.999 e. The molecule has 0 N–H and O–H groups in total. The molecule has 5 aromatic carbocycles. The summed E-state index contributed by atoms with van der Waals surface area (Å²) in [6, 6.07) is 41.2. The van der Waals surface area contributed by atoms with E-state index < -0.39 is 0 Å². The van der Waals surface area contributed by atoms with Crippen molar-refractivity contribution in [2.24, 2.45) is 0 Å². The Morgan fingerprint density at radius 1 is 0.828 bits per heavy atom. The van der Waals surface area contributed by atoms with Crippen LogP contribution < -0.4 is 0 Å². The fourth-order valence-electron chi connectivity index (χ4n) is 2.99. The summed E-state index contributed by atoms with van der Waals surface area (Å²) in [5.41, 5.74) is 1.41. The number of carbonyl (C=O) groups is 1. The molecule has 144 valence electrons. The SMILES string of the molecule is O=C(C=Cc1c2ccccc2cc2ccccc12)[c-]1[c-][c-][c-][c-]1.[Fe].[c-]1[c-][c-][cH-][c-]1. The minimum absolute atomic E-state index is 0. The summed E-state index contributed by atoms with van der Waals surface area (Å²) in [6.07, 6.45) is 3.44. The third kappa shape index (κ3) is 4.81. The Morgan fingerprint density at radius 2 is 1.38 bits per heavy atom. The number of hydrogen-bond acceptors (Lipinski definition) is 1. The molecule has 5 aromatic rings. The van der Waals surface area contributed by atoms with Gasteiger partial charge in [0, 0.05) is 17.1 Å². The second-order valence-corrected chi connectivity index (χ2v) is 5.99. The molecule has 5 rings (SSSR count). The monoisotopic (exact) mass is 408 g/mol. The minimum atomic E-state index is -0.139. The summed E-state index contributed by atoms with van der Waals surface area (Å²) in [7, 11) is 0. The van der Waals surface area contributed by atoms with E-state index in [1.165, 1.54) is 0 Å². The van der Waals surface area contributed by atoms with Crippen LogP contribution >= 0.6 is 0 Å². The molecule has 0 heterocycles. The molecular weight excluding hydrogens is 396 g/mol. The van der Waals surface area contributed by atoms with Crippen molar-refractivity contribution in [1.82, 2.24) is 0 Å². The molecule has 0 saturated heterocycles. The van der Waals surface area contributed by atoms with E-state index in [1.807, 2.05) is 30.3 Å². The van der Waals surface area contributed by atoms with Crippen LogP contribution in [0, 0.1) is 48.5 Å². The van der Waals surface area contributed by atoms with Crippen molar-refractivity contribution in [3.05, 3.63) is 126 Å². The topological polar surface area (TPSA) is 17.1 Å². The van der Waals surface area contributed by atoms with Crippen molar-refractivity contribution in [2.45, 2.75) is 0 Å². The normalized spacial score (nSPS) is 10.5. The predicted octanol–water partition coefficient (Wildman–Crippen LogP) is 5.41. The van der Waals surface area contributed by atoms with Gasteiger partial charge in [-0.1, -0.05) is 48.5 Å². The Hall–Kier alpha value is -3.19. The molecule has 0 aliphatic carbocycles.